The van der Waals surface area contributed by atoms with E-state index in [4.69, 9.17) is 0 Å². The molecule has 0 aromatic rings. The first-order valence-electron chi connectivity index (χ1n) is 3.90. The van der Waals surface area contributed by atoms with Gasteiger partial charge in [0.05, 0.1) is 0 Å². The quantitative estimate of drug-likeness (QED) is 0.496. The van der Waals surface area contributed by atoms with Gasteiger partial charge in [-0.05, 0) is 24.7 Å². The molecule has 0 aromatic carbocycles. The zero-order valence-corrected chi connectivity index (χ0v) is 6.48. The van der Waals surface area contributed by atoms with E-state index in [0.717, 1.165) is 5.92 Å². The van der Waals surface area contributed by atoms with Gasteiger partial charge in [0.1, 0.15) is 0 Å². The van der Waals surface area contributed by atoms with Crippen LogP contribution in [0.5, 0.6) is 0 Å². The SMILES string of the molecule is C=C(C(C)C)C1CCC1. The summed E-state index contributed by atoms with van der Waals surface area (Å²) in [5, 5.41) is 0. The molecule has 1 rings (SSSR count). The fraction of sp³-hybridized carbons (Fsp3) is 0.778. The highest BCUT2D eigenvalue weighted by molar-refractivity contribution is 5.06. The van der Waals surface area contributed by atoms with Crippen LogP contribution in [0.1, 0.15) is 33.1 Å². The molecule has 0 radical (unpaired) electrons. The van der Waals surface area contributed by atoms with Gasteiger partial charge < -0.3 is 0 Å². The second-order valence-electron chi connectivity index (χ2n) is 3.36. The molecule has 0 unspecified atom stereocenters. The average molecular weight is 124 g/mol. The maximum atomic E-state index is 4.08. The van der Waals surface area contributed by atoms with Gasteiger partial charge in [-0.25, -0.2) is 0 Å². The first-order valence-corrected chi connectivity index (χ1v) is 3.90. The Bertz CT molecular complexity index is 107. The van der Waals surface area contributed by atoms with E-state index in [1.165, 1.54) is 24.8 Å². The highest BCUT2D eigenvalue weighted by atomic mass is 14.3. The summed E-state index contributed by atoms with van der Waals surface area (Å²) in [4.78, 5) is 0. The number of allylic oxidation sites excluding steroid dienone is 1. The third-order valence-corrected chi connectivity index (χ3v) is 2.37. The topological polar surface area (TPSA) is 0 Å². The molecule has 0 nitrogen and oxygen atoms in total. The number of hydrogen-bond donors (Lipinski definition) is 0. The van der Waals surface area contributed by atoms with Crippen LogP contribution < -0.4 is 0 Å². The molecule has 0 aromatic heterocycles. The van der Waals surface area contributed by atoms with Crippen molar-refractivity contribution in [1.82, 2.24) is 0 Å². The molecule has 0 aliphatic heterocycles. The Hall–Kier alpha value is -0.260. The van der Waals surface area contributed by atoms with Crippen LogP contribution in [0.3, 0.4) is 0 Å². The summed E-state index contributed by atoms with van der Waals surface area (Å²) in [5.74, 6) is 1.58. The third-order valence-electron chi connectivity index (χ3n) is 2.37. The Morgan fingerprint density at radius 3 is 2.11 bits per heavy atom. The highest BCUT2D eigenvalue weighted by Crippen LogP contribution is 2.35. The normalized spacial score (nSPS) is 19.9. The minimum absolute atomic E-state index is 0.704. The molecule has 1 fully saturated rings. The molecule has 0 bridgehead atoms. The molecule has 1 aliphatic rings. The van der Waals surface area contributed by atoms with E-state index >= 15 is 0 Å². The molecule has 1 saturated carbocycles. The lowest BCUT2D eigenvalue weighted by atomic mass is 9.76. The minimum Gasteiger partial charge on any atom is -0.0993 e. The van der Waals surface area contributed by atoms with Crippen LogP contribution >= 0.6 is 0 Å². The van der Waals surface area contributed by atoms with E-state index in [1.807, 2.05) is 0 Å². The molecule has 52 valence electrons. The van der Waals surface area contributed by atoms with Crippen molar-refractivity contribution in [3.05, 3.63) is 12.2 Å². The molecule has 0 heterocycles. The highest BCUT2D eigenvalue weighted by Gasteiger charge is 2.21. The summed E-state index contributed by atoms with van der Waals surface area (Å²) in [6.07, 6.45) is 4.23. The molecule has 0 heteroatoms. The van der Waals surface area contributed by atoms with Crippen molar-refractivity contribution in [2.75, 3.05) is 0 Å². The predicted octanol–water partition coefficient (Wildman–Crippen LogP) is 3.00. The lowest BCUT2D eigenvalue weighted by molar-refractivity contribution is 0.346. The van der Waals surface area contributed by atoms with Crippen LogP contribution in [0.4, 0.5) is 0 Å². The Labute approximate surface area is 58.0 Å². The molecule has 0 saturated heterocycles. The fourth-order valence-corrected chi connectivity index (χ4v) is 1.25. The molecule has 9 heavy (non-hydrogen) atoms. The summed E-state index contributed by atoms with van der Waals surface area (Å²) in [6.45, 7) is 8.55. The van der Waals surface area contributed by atoms with E-state index < -0.39 is 0 Å². The van der Waals surface area contributed by atoms with Crippen molar-refractivity contribution in [3.8, 4) is 0 Å². The molecule has 0 atom stereocenters. The van der Waals surface area contributed by atoms with Crippen LogP contribution in [0.2, 0.25) is 0 Å². The second kappa shape index (κ2) is 2.55. The van der Waals surface area contributed by atoms with Gasteiger partial charge in [0.25, 0.3) is 0 Å². The van der Waals surface area contributed by atoms with Gasteiger partial charge >= 0.3 is 0 Å². The van der Waals surface area contributed by atoms with Crippen molar-refractivity contribution in [2.24, 2.45) is 11.8 Å². The van der Waals surface area contributed by atoms with Gasteiger partial charge in [0, 0.05) is 0 Å². The van der Waals surface area contributed by atoms with Crippen LogP contribution in [0, 0.1) is 11.8 Å². The molecule has 0 amide bonds. The van der Waals surface area contributed by atoms with Gasteiger partial charge in [-0.3, -0.25) is 0 Å². The first kappa shape index (κ1) is 6.85. The van der Waals surface area contributed by atoms with Crippen molar-refractivity contribution >= 4 is 0 Å². The van der Waals surface area contributed by atoms with E-state index in [0.29, 0.717) is 5.92 Å². The zero-order valence-electron chi connectivity index (χ0n) is 6.48. The van der Waals surface area contributed by atoms with Crippen molar-refractivity contribution in [2.45, 2.75) is 33.1 Å². The van der Waals surface area contributed by atoms with Gasteiger partial charge in [-0.1, -0.05) is 32.4 Å². The van der Waals surface area contributed by atoms with Crippen molar-refractivity contribution in [3.63, 3.8) is 0 Å². The summed E-state index contributed by atoms with van der Waals surface area (Å²) in [6, 6.07) is 0. The summed E-state index contributed by atoms with van der Waals surface area (Å²) < 4.78 is 0. The smallest absolute Gasteiger partial charge is 0.0203 e. The molecular weight excluding hydrogens is 108 g/mol. The van der Waals surface area contributed by atoms with Gasteiger partial charge in [0.2, 0.25) is 0 Å². The Balaban J connectivity index is 2.32. The standard InChI is InChI=1S/C9H16/c1-7(2)8(3)9-5-4-6-9/h7,9H,3-6H2,1-2H3. The maximum Gasteiger partial charge on any atom is -0.0203 e. The Morgan fingerprint density at radius 1 is 1.44 bits per heavy atom. The summed E-state index contributed by atoms with van der Waals surface area (Å²) in [7, 11) is 0. The van der Waals surface area contributed by atoms with E-state index in [2.05, 4.69) is 20.4 Å². The second-order valence-corrected chi connectivity index (χ2v) is 3.36. The molecular formula is C9H16. The summed E-state index contributed by atoms with van der Waals surface area (Å²) >= 11 is 0. The predicted molar refractivity (Wildman–Crippen MR) is 41.3 cm³/mol. The Kier molecular flexibility index (Phi) is 1.94. The molecule has 1 aliphatic carbocycles. The minimum atomic E-state index is 0.704. The van der Waals surface area contributed by atoms with Gasteiger partial charge in [-0.2, -0.15) is 0 Å². The van der Waals surface area contributed by atoms with Gasteiger partial charge in [0.15, 0.2) is 0 Å². The molecule has 0 spiro atoms. The zero-order chi connectivity index (χ0) is 6.85. The lowest BCUT2D eigenvalue weighted by Gasteiger charge is -2.29. The van der Waals surface area contributed by atoms with E-state index in [9.17, 15) is 0 Å². The van der Waals surface area contributed by atoms with Crippen LogP contribution in [-0.4, -0.2) is 0 Å². The lowest BCUT2D eigenvalue weighted by Crippen LogP contribution is -2.16. The van der Waals surface area contributed by atoms with Crippen LogP contribution in [0.15, 0.2) is 12.2 Å². The third kappa shape index (κ3) is 1.35. The summed E-state index contributed by atoms with van der Waals surface area (Å²) in [5.41, 5.74) is 1.47. The fourth-order valence-electron chi connectivity index (χ4n) is 1.25. The monoisotopic (exact) mass is 124 g/mol. The largest absolute Gasteiger partial charge is 0.0993 e. The van der Waals surface area contributed by atoms with Crippen LogP contribution in [0.25, 0.3) is 0 Å². The molecule has 0 N–H and O–H groups in total. The number of hydrogen-bond acceptors (Lipinski definition) is 0. The van der Waals surface area contributed by atoms with Gasteiger partial charge in [-0.15, -0.1) is 0 Å². The van der Waals surface area contributed by atoms with E-state index in [-0.39, 0.29) is 0 Å². The van der Waals surface area contributed by atoms with Crippen LogP contribution in [-0.2, 0) is 0 Å². The Morgan fingerprint density at radius 2 is 2.00 bits per heavy atom. The number of rotatable bonds is 2. The maximum absolute atomic E-state index is 4.08. The average Bonchev–Trinajstić information content (AvgIpc) is 1.60. The first-order chi connectivity index (χ1) is 4.22. The van der Waals surface area contributed by atoms with Crippen molar-refractivity contribution in [1.29, 1.82) is 0 Å². The van der Waals surface area contributed by atoms with E-state index in [1.54, 1.807) is 0 Å². The van der Waals surface area contributed by atoms with Crippen molar-refractivity contribution < 1.29 is 0 Å².